The molecule has 27 heavy (non-hydrogen) atoms. The average Bonchev–Trinajstić information content (AvgIpc) is 2.69. The van der Waals surface area contributed by atoms with E-state index in [4.69, 9.17) is 16.7 Å². The SMILES string of the molecule is O=C(O)c1ccc(CCN2CCN(C/C=C/c3ccc(Cl)cc3)CC2)cc1. The summed E-state index contributed by atoms with van der Waals surface area (Å²) in [4.78, 5) is 15.8. The predicted octanol–water partition coefficient (Wildman–Crippen LogP) is 3.91. The summed E-state index contributed by atoms with van der Waals surface area (Å²) in [7, 11) is 0. The molecular formula is C22H25ClN2O2. The van der Waals surface area contributed by atoms with Crippen molar-refractivity contribution in [3.63, 3.8) is 0 Å². The molecule has 1 saturated heterocycles. The van der Waals surface area contributed by atoms with Gasteiger partial charge in [-0.3, -0.25) is 4.90 Å². The summed E-state index contributed by atoms with van der Waals surface area (Å²) in [6, 6.07) is 15.1. The molecule has 0 atom stereocenters. The van der Waals surface area contributed by atoms with Crippen LogP contribution in [0, 0.1) is 0 Å². The molecule has 1 N–H and O–H groups in total. The van der Waals surface area contributed by atoms with E-state index in [0.29, 0.717) is 5.56 Å². The number of benzene rings is 2. The molecule has 5 heteroatoms. The van der Waals surface area contributed by atoms with Crippen LogP contribution in [0.4, 0.5) is 0 Å². The highest BCUT2D eigenvalue weighted by Gasteiger charge is 2.15. The van der Waals surface area contributed by atoms with E-state index in [1.165, 1.54) is 11.1 Å². The fourth-order valence-corrected chi connectivity index (χ4v) is 3.33. The fraction of sp³-hybridized carbons (Fsp3) is 0.318. The van der Waals surface area contributed by atoms with Gasteiger partial charge in [-0.1, -0.05) is 48.0 Å². The van der Waals surface area contributed by atoms with E-state index in [-0.39, 0.29) is 0 Å². The minimum Gasteiger partial charge on any atom is -0.478 e. The summed E-state index contributed by atoms with van der Waals surface area (Å²) in [5.41, 5.74) is 2.71. The van der Waals surface area contributed by atoms with Crippen molar-refractivity contribution in [2.75, 3.05) is 39.3 Å². The van der Waals surface area contributed by atoms with Gasteiger partial charge in [0.25, 0.3) is 0 Å². The molecule has 0 radical (unpaired) electrons. The molecular weight excluding hydrogens is 360 g/mol. The van der Waals surface area contributed by atoms with E-state index >= 15 is 0 Å². The van der Waals surface area contributed by atoms with E-state index in [9.17, 15) is 4.79 Å². The Labute approximate surface area is 165 Å². The second kappa shape index (κ2) is 9.70. The largest absolute Gasteiger partial charge is 0.478 e. The normalized spacial score (nSPS) is 16.0. The van der Waals surface area contributed by atoms with Crippen molar-refractivity contribution < 1.29 is 9.90 Å². The molecule has 0 aliphatic carbocycles. The van der Waals surface area contributed by atoms with Crippen LogP contribution in [-0.4, -0.2) is 60.1 Å². The zero-order valence-corrected chi connectivity index (χ0v) is 16.1. The number of aromatic carboxylic acids is 1. The third-order valence-electron chi connectivity index (χ3n) is 4.93. The molecule has 0 unspecified atom stereocenters. The first kappa shape index (κ1) is 19.6. The zero-order chi connectivity index (χ0) is 19.1. The Balaban J connectivity index is 1.37. The number of nitrogens with zero attached hydrogens (tertiary/aromatic N) is 2. The monoisotopic (exact) mass is 384 g/mol. The number of halogens is 1. The van der Waals surface area contributed by atoms with Gasteiger partial charge in [0, 0.05) is 44.3 Å². The smallest absolute Gasteiger partial charge is 0.335 e. The predicted molar refractivity (Wildman–Crippen MR) is 110 cm³/mol. The van der Waals surface area contributed by atoms with Crippen molar-refractivity contribution >= 4 is 23.6 Å². The van der Waals surface area contributed by atoms with Gasteiger partial charge in [0.05, 0.1) is 5.56 Å². The van der Waals surface area contributed by atoms with Crippen molar-refractivity contribution in [2.24, 2.45) is 0 Å². The van der Waals surface area contributed by atoms with Gasteiger partial charge < -0.3 is 10.0 Å². The maximum absolute atomic E-state index is 10.9. The highest BCUT2D eigenvalue weighted by Crippen LogP contribution is 2.11. The van der Waals surface area contributed by atoms with Crippen molar-refractivity contribution in [1.29, 1.82) is 0 Å². The number of carboxylic acids is 1. The minimum atomic E-state index is -0.872. The van der Waals surface area contributed by atoms with Gasteiger partial charge in [-0.05, 0) is 41.8 Å². The molecule has 1 fully saturated rings. The zero-order valence-electron chi connectivity index (χ0n) is 15.4. The van der Waals surface area contributed by atoms with Crippen LogP contribution in [0.2, 0.25) is 5.02 Å². The number of piperazine rings is 1. The van der Waals surface area contributed by atoms with Crippen LogP contribution in [-0.2, 0) is 6.42 Å². The molecule has 1 aliphatic heterocycles. The van der Waals surface area contributed by atoms with Crippen LogP contribution in [0.3, 0.4) is 0 Å². The number of rotatable bonds is 7. The third-order valence-corrected chi connectivity index (χ3v) is 5.18. The van der Waals surface area contributed by atoms with Crippen molar-refractivity contribution in [1.82, 2.24) is 9.80 Å². The van der Waals surface area contributed by atoms with Crippen LogP contribution in [0.5, 0.6) is 0 Å². The third kappa shape index (κ3) is 6.21. The van der Waals surface area contributed by atoms with Gasteiger partial charge in [0.15, 0.2) is 0 Å². The molecule has 0 amide bonds. The number of carboxylic acid groups (broad SMARTS) is 1. The lowest BCUT2D eigenvalue weighted by molar-refractivity contribution is 0.0697. The summed E-state index contributed by atoms with van der Waals surface area (Å²) in [6.45, 7) is 6.27. The van der Waals surface area contributed by atoms with E-state index < -0.39 is 5.97 Å². The van der Waals surface area contributed by atoms with Crippen LogP contribution < -0.4 is 0 Å². The second-order valence-electron chi connectivity index (χ2n) is 6.85. The Morgan fingerprint density at radius 3 is 2.22 bits per heavy atom. The molecule has 1 heterocycles. The first-order valence-corrected chi connectivity index (χ1v) is 9.67. The van der Waals surface area contributed by atoms with Crippen molar-refractivity contribution in [3.8, 4) is 0 Å². The molecule has 0 bridgehead atoms. The lowest BCUT2D eigenvalue weighted by atomic mass is 10.1. The lowest BCUT2D eigenvalue weighted by Crippen LogP contribution is -2.46. The molecule has 4 nitrogen and oxygen atoms in total. The molecule has 0 saturated carbocycles. The molecule has 1 aliphatic rings. The van der Waals surface area contributed by atoms with Crippen LogP contribution in [0.15, 0.2) is 54.6 Å². The standard InChI is InChI=1S/C22H25ClN2O2/c23-21-9-5-18(6-10-21)2-1-12-24-14-16-25(17-15-24)13-11-19-3-7-20(8-4-19)22(26)27/h1-10H,11-17H2,(H,26,27)/b2-1+. The summed E-state index contributed by atoms with van der Waals surface area (Å²) >= 11 is 5.90. The second-order valence-corrected chi connectivity index (χ2v) is 7.28. The summed E-state index contributed by atoms with van der Waals surface area (Å²) in [5.74, 6) is -0.872. The van der Waals surface area contributed by atoms with Gasteiger partial charge in [-0.2, -0.15) is 0 Å². The maximum atomic E-state index is 10.9. The molecule has 3 rings (SSSR count). The average molecular weight is 385 g/mol. The van der Waals surface area contributed by atoms with Crippen molar-refractivity contribution in [3.05, 3.63) is 76.3 Å². The van der Waals surface area contributed by atoms with E-state index in [0.717, 1.165) is 50.7 Å². The molecule has 2 aromatic rings. The lowest BCUT2D eigenvalue weighted by Gasteiger charge is -2.34. The number of hydrogen-bond acceptors (Lipinski definition) is 3. The van der Waals surface area contributed by atoms with Crippen LogP contribution in [0.25, 0.3) is 6.08 Å². The van der Waals surface area contributed by atoms with E-state index in [1.54, 1.807) is 12.1 Å². The maximum Gasteiger partial charge on any atom is 0.335 e. The number of hydrogen-bond donors (Lipinski definition) is 1. The molecule has 142 valence electrons. The van der Waals surface area contributed by atoms with Crippen molar-refractivity contribution in [2.45, 2.75) is 6.42 Å². The topological polar surface area (TPSA) is 43.8 Å². The Hall–Kier alpha value is -2.14. The first-order chi connectivity index (χ1) is 13.1. The van der Waals surface area contributed by atoms with Crippen LogP contribution in [0.1, 0.15) is 21.5 Å². The Bertz CT molecular complexity index is 764. The summed E-state index contributed by atoms with van der Waals surface area (Å²) in [6.07, 6.45) is 5.31. The summed E-state index contributed by atoms with van der Waals surface area (Å²) in [5, 5.41) is 9.71. The van der Waals surface area contributed by atoms with E-state index in [2.05, 4.69) is 22.0 Å². The molecule has 0 spiro atoms. The number of carbonyl (C=O) groups is 1. The Morgan fingerprint density at radius 1 is 0.963 bits per heavy atom. The highest BCUT2D eigenvalue weighted by atomic mass is 35.5. The van der Waals surface area contributed by atoms with Gasteiger partial charge >= 0.3 is 5.97 Å². The Morgan fingerprint density at radius 2 is 1.59 bits per heavy atom. The first-order valence-electron chi connectivity index (χ1n) is 9.29. The molecule has 2 aromatic carbocycles. The minimum absolute atomic E-state index is 0.346. The summed E-state index contributed by atoms with van der Waals surface area (Å²) < 4.78 is 0. The van der Waals surface area contributed by atoms with Crippen LogP contribution >= 0.6 is 11.6 Å². The van der Waals surface area contributed by atoms with Gasteiger partial charge in [-0.15, -0.1) is 0 Å². The quantitative estimate of drug-likeness (QED) is 0.786. The van der Waals surface area contributed by atoms with Gasteiger partial charge in [-0.25, -0.2) is 4.79 Å². The van der Waals surface area contributed by atoms with E-state index in [1.807, 2.05) is 36.4 Å². The molecule has 0 aromatic heterocycles. The highest BCUT2D eigenvalue weighted by molar-refractivity contribution is 6.30. The Kier molecular flexibility index (Phi) is 7.04. The fourth-order valence-electron chi connectivity index (χ4n) is 3.21. The van der Waals surface area contributed by atoms with Gasteiger partial charge in [0.2, 0.25) is 0 Å². The van der Waals surface area contributed by atoms with Gasteiger partial charge in [0.1, 0.15) is 0 Å².